The first kappa shape index (κ1) is 62.1. The molecule has 2 atom stereocenters. The number of aliphatic hydroxyl groups excluding tert-OH is 2. The third kappa shape index (κ3) is 51.1. The summed E-state index contributed by atoms with van der Waals surface area (Å²) in [6.45, 7) is 4.21. The molecule has 0 aliphatic carbocycles. The molecule has 0 aliphatic heterocycles. The lowest BCUT2D eigenvalue weighted by Crippen LogP contribution is -2.45. The summed E-state index contributed by atoms with van der Waals surface area (Å²) >= 11 is 0. The second kappa shape index (κ2) is 55.4. The normalized spacial score (nSPS) is 13.2. The van der Waals surface area contributed by atoms with Crippen LogP contribution in [0.4, 0.5) is 0 Å². The smallest absolute Gasteiger partial charge is 0.220 e. The standard InChI is InChI=1S/C60H111NO3/c1-3-5-7-9-11-13-15-17-19-20-21-22-23-24-25-26-27-28-29-30-31-32-33-34-35-36-37-38-39-40-42-44-46-48-50-52-54-56-60(64)61-58(57-62)59(63)55-53-51-49-47-45-43-41-18-16-14-12-10-8-6-4-2/h5,7,11,13,17,19,21-22,53,55,58-59,62-63H,3-4,6,8-10,12,14-16,18,20,23-52,54,56-57H2,1-2H3,(H,61,64)/b7-5-,13-11-,19-17-,22-21-,55-53+. The van der Waals surface area contributed by atoms with Gasteiger partial charge in [0.25, 0.3) is 0 Å². The lowest BCUT2D eigenvalue weighted by molar-refractivity contribution is -0.123. The molecule has 3 N–H and O–H groups in total. The molecular weight excluding hydrogens is 783 g/mol. The Balaban J connectivity index is 3.41. The highest BCUT2D eigenvalue weighted by molar-refractivity contribution is 5.76. The van der Waals surface area contributed by atoms with E-state index in [-0.39, 0.29) is 12.5 Å². The van der Waals surface area contributed by atoms with E-state index < -0.39 is 12.1 Å². The zero-order valence-corrected chi connectivity index (χ0v) is 43.1. The van der Waals surface area contributed by atoms with Crippen molar-refractivity contribution >= 4 is 5.91 Å². The van der Waals surface area contributed by atoms with Crippen LogP contribution >= 0.6 is 0 Å². The van der Waals surface area contributed by atoms with Crippen molar-refractivity contribution in [3.63, 3.8) is 0 Å². The fraction of sp³-hybridized carbons (Fsp3) is 0.817. The second-order valence-corrected chi connectivity index (χ2v) is 19.3. The molecule has 0 heterocycles. The van der Waals surface area contributed by atoms with E-state index in [0.29, 0.717) is 6.42 Å². The highest BCUT2D eigenvalue weighted by atomic mass is 16.3. The molecule has 0 aromatic heterocycles. The Hall–Kier alpha value is -1.91. The maximum atomic E-state index is 12.5. The minimum atomic E-state index is -0.838. The Bertz CT molecular complexity index is 1060. The van der Waals surface area contributed by atoms with Gasteiger partial charge in [0.1, 0.15) is 0 Å². The topological polar surface area (TPSA) is 69.6 Å². The van der Waals surface area contributed by atoms with Gasteiger partial charge in [-0.05, 0) is 57.8 Å². The first-order valence-electron chi connectivity index (χ1n) is 28.5. The maximum Gasteiger partial charge on any atom is 0.220 e. The van der Waals surface area contributed by atoms with Gasteiger partial charge in [0, 0.05) is 6.42 Å². The Morgan fingerprint density at radius 2 is 0.688 bits per heavy atom. The van der Waals surface area contributed by atoms with Crippen LogP contribution in [0.25, 0.3) is 0 Å². The fourth-order valence-electron chi connectivity index (χ4n) is 8.70. The predicted octanol–water partition coefficient (Wildman–Crippen LogP) is 18.8. The number of unbranched alkanes of at least 4 members (excludes halogenated alkanes) is 37. The van der Waals surface area contributed by atoms with Crippen molar-refractivity contribution in [3.05, 3.63) is 60.8 Å². The number of hydrogen-bond acceptors (Lipinski definition) is 3. The van der Waals surface area contributed by atoms with Gasteiger partial charge in [-0.2, -0.15) is 0 Å². The summed E-state index contributed by atoms with van der Waals surface area (Å²) in [7, 11) is 0. The zero-order chi connectivity index (χ0) is 46.3. The largest absolute Gasteiger partial charge is 0.394 e. The molecule has 64 heavy (non-hydrogen) atoms. The zero-order valence-electron chi connectivity index (χ0n) is 43.1. The summed E-state index contributed by atoms with van der Waals surface area (Å²) in [5.74, 6) is -0.0600. The number of hydrogen-bond donors (Lipinski definition) is 3. The van der Waals surface area contributed by atoms with Crippen LogP contribution in [-0.2, 0) is 4.79 Å². The number of rotatable bonds is 52. The highest BCUT2D eigenvalue weighted by Gasteiger charge is 2.18. The molecule has 2 unspecified atom stereocenters. The molecule has 0 rings (SSSR count). The van der Waals surface area contributed by atoms with Crippen LogP contribution in [0.15, 0.2) is 60.8 Å². The number of carbonyl (C=O) groups excluding carboxylic acids is 1. The Kier molecular flexibility index (Phi) is 53.8. The molecule has 0 fully saturated rings. The van der Waals surface area contributed by atoms with Gasteiger partial charge in [-0.25, -0.2) is 0 Å². The molecule has 0 saturated carbocycles. The minimum Gasteiger partial charge on any atom is -0.394 e. The molecule has 0 bridgehead atoms. The molecule has 0 aromatic carbocycles. The molecule has 1 amide bonds. The molecule has 4 heteroatoms. The lowest BCUT2D eigenvalue weighted by Gasteiger charge is -2.20. The Labute approximate surface area is 400 Å². The van der Waals surface area contributed by atoms with Gasteiger partial charge in [0.15, 0.2) is 0 Å². The van der Waals surface area contributed by atoms with Crippen molar-refractivity contribution in [2.75, 3.05) is 6.61 Å². The summed E-state index contributed by atoms with van der Waals surface area (Å²) in [5.41, 5.74) is 0. The molecular formula is C60H111NO3. The first-order valence-corrected chi connectivity index (χ1v) is 28.5. The Morgan fingerprint density at radius 1 is 0.391 bits per heavy atom. The van der Waals surface area contributed by atoms with Crippen LogP contribution in [0.2, 0.25) is 0 Å². The fourth-order valence-corrected chi connectivity index (χ4v) is 8.70. The van der Waals surface area contributed by atoms with Crippen LogP contribution in [0.5, 0.6) is 0 Å². The van der Waals surface area contributed by atoms with E-state index >= 15 is 0 Å². The van der Waals surface area contributed by atoms with Crippen molar-refractivity contribution in [2.24, 2.45) is 0 Å². The van der Waals surface area contributed by atoms with Crippen LogP contribution in [0.3, 0.4) is 0 Å². The predicted molar refractivity (Wildman–Crippen MR) is 285 cm³/mol. The molecule has 0 saturated heterocycles. The molecule has 0 aliphatic rings. The number of amides is 1. The van der Waals surface area contributed by atoms with Crippen LogP contribution in [0.1, 0.15) is 296 Å². The Morgan fingerprint density at radius 3 is 1.03 bits per heavy atom. The van der Waals surface area contributed by atoms with Gasteiger partial charge >= 0.3 is 0 Å². The summed E-state index contributed by atoms with van der Waals surface area (Å²) in [6, 6.07) is -0.621. The van der Waals surface area contributed by atoms with E-state index in [1.165, 1.54) is 225 Å². The molecule has 4 nitrogen and oxygen atoms in total. The van der Waals surface area contributed by atoms with Crippen molar-refractivity contribution in [3.8, 4) is 0 Å². The van der Waals surface area contributed by atoms with E-state index in [0.717, 1.165) is 51.4 Å². The van der Waals surface area contributed by atoms with Crippen LogP contribution in [0, 0.1) is 0 Å². The van der Waals surface area contributed by atoms with Crippen molar-refractivity contribution < 1.29 is 15.0 Å². The van der Waals surface area contributed by atoms with Crippen molar-refractivity contribution in [1.29, 1.82) is 0 Å². The van der Waals surface area contributed by atoms with Gasteiger partial charge in [0.05, 0.1) is 18.8 Å². The molecule has 374 valence electrons. The average molecular weight is 895 g/mol. The van der Waals surface area contributed by atoms with E-state index in [9.17, 15) is 15.0 Å². The summed E-state index contributed by atoms with van der Waals surface area (Å²) in [6.07, 6.45) is 78.2. The summed E-state index contributed by atoms with van der Waals surface area (Å²) in [5, 5.41) is 23.1. The van der Waals surface area contributed by atoms with E-state index in [4.69, 9.17) is 0 Å². The first-order chi connectivity index (χ1) is 31.7. The van der Waals surface area contributed by atoms with Gasteiger partial charge in [-0.15, -0.1) is 0 Å². The third-order valence-corrected chi connectivity index (χ3v) is 13.0. The number of allylic oxidation sites excluding steroid dienone is 9. The summed E-state index contributed by atoms with van der Waals surface area (Å²) in [4.78, 5) is 12.5. The van der Waals surface area contributed by atoms with Crippen LogP contribution < -0.4 is 5.32 Å². The lowest BCUT2D eigenvalue weighted by atomic mass is 10.0. The van der Waals surface area contributed by atoms with Gasteiger partial charge in [-0.1, -0.05) is 293 Å². The van der Waals surface area contributed by atoms with Gasteiger partial charge < -0.3 is 15.5 Å². The van der Waals surface area contributed by atoms with Gasteiger partial charge in [-0.3, -0.25) is 4.79 Å². The highest BCUT2D eigenvalue weighted by Crippen LogP contribution is 2.17. The number of carbonyl (C=O) groups is 1. The molecule has 0 aromatic rings. The second-order valence-electron chi connectivity index (χ2n) is 19.3. The third-order valence-electron chi connectivity index (χ3n) is 13.0. The maximum absolute atomic E-state index is 12.5. The van der Waals surface area contributed by atoms with Gasteiger partial charge in [0.2, 0.25) is 5.91 Å². The SMILES string of the molecule is CC/C=C\C/C=C\C/C=C\C/C=C\CCCCCCCCCCCCCCCCCCCCCCCCCCC(=O)NC(CO)C(O)/C=C/CCCCCCCCCCCCCCC. The average Bonchev–Trinajstić information content (AvgIpc) is 3.30. The molecule has 0 radical (unpaired) electrons. The number of aliphatic hydroxyl groups is 2. The van der Waals surface area contributed by atoms with Crippen LogP contribution in [-0.4, -0.2) is 34.9 Å². The number of nitrogens with one attached hydrogen (secondary N) is 1. The monoisotopic (exact) mass is 894 g/mol. The summed E-state index contributed by atoms with van der Waals surface area (Å²) < 4.78 is 0. The van der Waals surface area contributed by atoms with E-state index in [1.807, 2.05) is 6.08 Å². The van der Waals surface area contributed by atoms with Crippen molar-refractivity contribution in [2.45, 2.75) is 309 Å². The van der Waals surface area contributed by atoms with E-state index in [1.54, 1.807) is 6.08 Å². The van der Waals surface area contributed by atoms with E-state index in [2.05, 4.69) is 67.8 Å². The molecule has 0 spiro atoms. The quantitative estimate of drug-likeness (QED) is 0.0421. The minimum absolute atomic E-state index is 0.0600. The van der Waals surface area contributed by atoms with Crippen molar-refractivity contribution in [1.82, 2.24) is 5.32 Å².